The number of aryl methyl sites for hydroxylation is 1. The first-order chi connectivity index (χ1) is 8.33. The van der Waals surface area contributed by atoms with Gasteiger partial charge in [-0.05, 0) is 38.2 Å². The van der Waals surface area contributed by atoms with Crippen LogP contribution in [0.2, 0.25) is 0 Å². The molecule has 1 nitrogen and oxygen atoms in total. The Morgan fingerprint density at radius 1 is 1.28 bits per heavy atom. The van der Waals surface area contributed by atoms with Gasteiger partial charge >= 0.3 is 0 Å². The second kappa shape index (κ2) is 6.47. The van der Waals surface area contributed by atoms with Crippen LogP contribution >= 0.6 is 11.6 Å². The topological polar surface area (TPSA) is 9.23 Å². The van der Waals surface area contributed by atoms with Crippen molar-refractivity contribution in [3.05, 3.63) is 29.3 Å². The summed E-state index contributed by atoms with van der Waals surface area (Å²) in [5, 5.41) is 0.0330. The average molecular weight is 269 g/mol. The Balaban J connectivity index is 2.82. The predicted octanol–water partition coefficient (Wildman–Crippen LogP) is 5.50. The molecule has 0 bridgehead atoms. The van der Waals surface area contributed by atoms with Crippen LogP contribution in [0.15, 0.2) is 18.2 Å². The predicted molar refractivity (Wildman–Crippen MR) is 79.6 cm³/mol. The highest BCUT2D eigenvalue weighted by Gasteiger charge is 2.18. The number of benzene rings is 1. The lowest BCUT2D eigenvalue weighted by Gasteiger charge is -2.21. The van der Waals surface area contributed by atoms with Crippen molar-refractivity contribution >= 4 is 11.6 Å². The largest absolute Gasteiger partial charge is 0.494 e. The maximum Gasteiger partial charge on any atom is 0.123 e. The van der Waals surface area contributed by atoms with Gasteiger partial charge in [0.25, 0.3) is 0 Å². The molecule has 1 rings (SSSR count). The minimum atomic E-state index is 0.0330. The monoisotopic (exact) mass is 268 g/mol. The Kier molecular flexibility index (Phi) is 5.52. The lowest BCUT2D eigenvalue weighted by Crippen LogP contribution is -2.07. The first-order valence-corrected chi connectivity index (χ1v) is 7.14. The van der Waals surface area contributed by atoms with E-state index in [1.54, 1.807) is 0 Å². The number of alkyl halides is 1. The fraction of sp³-hybridized carbons (Fsp3) is 0.625. The third-order valence-corrected chi connectivity index (χ3v) is 3.40. The van der Waals surface area contributed by atoms with Crippen LogP contribution in [0.25, 0.3) is 0 Å². The van der Waals surface area contributed by atoms with Crippen molar-refractivity contribution in [2.75, 3.05) is 6.61 Å². The molecular formula is C16H25ClO. The van der Waals surface area contributed by atoms with Gasteiger partial charge in [0.2, 0.25) is 0 Å². The Bertz CT molecular complexity index is 379. The third-order valence-electron chi connectivity index (χ3n) is 2.95. The molecular weight excluding hydrogens is 244 g/mol. The van der Waals surface area contributed by atoms with E-state index in [1.807, 2.05) is 13.0 Å². The summed E-state index contributed by atoms with van der Waals surface area (Å²) < 4.78 is 5.66. The van der Waals surface area contributed by atoms with Crippen LogP contribution in [-0.4, -0.2) is 6.61 Å². The molecule has 0 saturated heterocycles. The van der Waals surface area contributed by atoms with Crippen molar-refractivity contribution in [1.29, 1.82) is 0 Å². The van der Waals surface area contributed by atoms with E-state index in [9.17, 15) is 0 Å². The van der Waals surface area contributed by atoms with E-state index in [1.165, 1.54) is 5.56 Å². The fourth-order valence-electron chi connectivity index (χ4n) is 1.91. The van der Waals surface area contributed by atoms with E-state index in [2.05, 4.69) is 39.8 Å². The van der Waals surface area contributed by atoms with Crippen molar-refractivity contribution < 1.29 is 4.74 Å². The van der Waals surface area contributed by atoms with Gasteiger partial charge in [-0.1, -0.05) is 38.5 Å². The van der Waals surface area contributed by atoms with Crippen LogP contribution in [-0.2, 0) is 0 Å². The average Bonchev–Trinajstić information content (AvgIpc) is 2.27. The normalized spacial score (nSPS) is 13.4. The van der Waals surface area contributed by atoms with Gasteiger partial charge < -0.3 is 4.74 Å². The van der Waals surface area contributed by atoms with Gasteiger partial charge in [0.1, 0.15) is 5.75 Å². The minimum Gasteiger partial charge on any atom is -0.494 e. The molecule has 0 N–H and O–H groups in total. The van der Waals surface area contributed by atoms with Gasteiger partial charge in [-0.15, -0.1) is 11.6 Å². The SMILES string of the molecule is CCOc1ccc(C)cc1C(Cl)CCC(C)(C)C. The molecule has 0 aromatic heterocycles. The smallest absolute Gasteiger partial charge is 0.123 e. The first kappa shape index (κ1) is 15.4. The zero-order valence-corrected chi connectivity index (χ0v) is 13.0. The summed E-state index contributed by atoms with van der Waals surface area (Å²) in [6.07, 6.45) is 2.09. The number of ether oxygens (including phenoxy) is 1. The molecule has 1 aromatic rings. The quantitative estimate of drug-likeness (QED) is 0.641. The van der Waals surface area contributed by atoms with Crippen LogP contribution in [0.3, 0.4) is 0 Å². The maximum absolute atomic E-state index is 6.55. The molecule has 0 aliphatic carbocycles. The third kappa shape index (κ3) is 4.89. The second-order valence-corrected chi connectivity index (χ2v) is 6.57. The summed E-state index contributed by atoms with van der Waals surface area (Å²) in [6.45, 7) is 11.5. The number of halogens is 1. The van der Waals surface area contributed by atoms with E-state index >= 15 is 0 Å². The highest BCUT2D eigenvalue weighted by atomic mass is 35.5. The summed E-state index contributed by atoms with van der Waals surface area (Å²) in [4.78, 5) is 0. The van der Waals surface area contributed by atoms with E-state index < -0.39 is 0 Å². The van der Waals surface area contributed by atoms with Crippen LogP contribution in [0.5, 0.6) is 5.75 Å². The van der Waals surface area contributed by atoms with Crippen molar-refractivity contribution in [2.45, 2.75) is 52.8 Å². The zero-order valence-electron chi connectivity index (χ0n) is 12.2. The lowest BCUT2D eigenvalue weighted by molar-refractivity contribution is 0.331. The first-order valence-electron chi connectivity index (χ1n) is 6.71. The molecule has 0 spiro atoms. The molecule has 1 atom stereocenters. The highest BCUT2D eigenvalue weighted by molar-refractivity contribution is 6.21. The van der Waals surface area contributed by atoms with Gasteiger partial charge in [0, 0.05) is 5.56 Å². The number of hydrogen-bond donors (Lipinski definition) is 0. The molecule has 0 aliphatic heterocycles. The maximum atomic E-state index is 6.55. The van der Waals surface area contributed by atoms with E-state index in [0.717, 1.165) is 24.2 Å². The second-order valence-electron chi connectivity index (χ2n) is 6.04. The van der Waals surface area contributed by atoms with Gasteiger partial charge in [-0.25, -0.2) is 0 Å². The molecule has 2 heteroatoms. The van der Waals surface area contributed by atoms with Crippen molar-refractivity contribution in [3.8, 4) is 5.75 Å². The van der Waals surface area contributed by atoms with Gasteiger partial charge in [0.15, 0.2) is 0 Å². The molecule has 0 radical (unpaired) electrons. The van der Waals surface area contributed by atoms with Crippen LogP contribution in [0.1, 0.15) is 57.0 Å². The Morgan fingerprint density at radius 2 is 1.94 bits per heavy atom. The molecule has 18 heavy (non-hydrogen) atoms. The molecule has 0 saturated carbocycles. The summed E-state index contributed by atoms with van der Waals surface area (Å²) >= 11 is 6.55. The molecule has 0 heterocycles. The van der Waals surface area contributed by atoms with E-state index in [4.69, 9.17) is 16.3 Å². The number of rotatable bonds is 5. The van der Waals surface area contributed by atoms with E-state index in [0.29, 0.717) is 12.0 Å². The lowest BCUT2D eigenvalue weighted by atomic mass is 9.88. The van der Waals surface area contributed by atoms with Crippen LogP contribution in [0, 0.1) is 12.3 Å². The van der Waals surface area contributed by atoms with Gasteiger partial charge in [0.05, 0.1) is 12.0 Å². The zero-order chi connectivity index (χ0) is 13.8. The molecule has 1 aromatic carbocycles. The number of hydrogen-bond acceptors (Lipinski definition) is 1. The Morgan fingerprint density at radius 3 is 2.50 bits per heavy atom. The molecule has 102 valence electrons. The van der Waals surface area contributed by atoms with Gasteiger partial charge in [-0.3, -0.25) is 0 Å². The highest BCUT2D eigenvalue weighted by Crippen LogP contribution is 2.36. The summed E-state index contributed by atoms with van der Waals surface area (Å²) in [6, 6.07) is 6.24. The molecule has 1 unspecified atom stereocenters. The van der Waals surface area contributed by atoms with Crippen molar-refractivity contribution in [3.63, 3.8) is 0 Å². The van der Waals surface area contributed by atoms with Crippen LogP contribution < -0.4 is 4.74 Å². The van der Waals surface area contributed by atoms with Crippen molar-refractivity contribution in [1.82, 2.24) is 0 Å². The molecule has 0 aliphatic rings. The molecule has 0 amide bonds. The van der Waals surface area contributed by atoms with Crippen molar-refractivity contribution in [2.24, 2.45) is 5.41 Å². The van der Waals surface area contributed by atoms with Crippen LogP contribution in [0.4, 0.5) is 0 Å². The fourth-order valence-corrected chi connectivity index (χ4v) is 2.19. The summed E-state index contributed by atoms with van der Waals surface area (Å²) in [5.74, 6) is 0.928. The van der Waals surface area contributed by atoms with E-state index in [-0.39, 0.29) is 5.38 Å². The summed E-state index contributed by atoms with van der Waals surface area (Å²) in [7, 11) is 0. The summed E-state index contributed by atoms with van der Waals surface area (Å²) in [5.41, 5.74) is 2.68. The Hall–Kier alpha value is -0.690. The van der Waals surface area contributed by atoms with Gasteiger partial charge in [-0.2, -0.15) is 0 Å². The molecule has 0 fully saturated rings. The Labute approximate surface area is 116 Å². The standard InChI is InChI=1S/C16H25ClO/c1-6-18-15-8-7-12(2)11-13(15)14(17)9-10-16(3,4)5/h7-8,11,14H,6,9-10H2,1-5H3. The minimum absolute atomic E-state index is 0.0330.